The Hall–Kier alpha value is -1.96. The van der Waals surface area contributed by atoms with Crippen LogP contribution >= 0.6 is 39.9 Å². The lowest BCUT2D eigenvalue weighted by Gasteiger charge is -2.14. The Balaban J connectivity index is 1.61. The second-order valence-electron chi connectivity index (χ2n) is 5.52. The summed E-state index contributed by atoms with van der Waals surface area (Å²) in [5.41, 5.74) is 1.64. The molecule has 132 valence electrons. The van der Waals surface area contributed by atoms with E-state index < -0.39 is 0 Å². The average molecular weight is 447 g/mol. The zero-order chi connectivity index (χ0) is 18.5. The monoisotopic (exact) mass is 446 g/mol. The molecule has 0 radical (unpaired) electrons. The zero-order valence-electron chi connectivity index (χ0n) is 13.6. The lowest BCUT2D eigenvalue weighted by molar-refractivity contribution is -0.122. The molecule has 1 N–H and O–H groups in total. The normalized spacial score (nSPS) is 15.6. The van der Waals surface area contributed by atoms with Crippen molar-refractivity contribution in [2.45, 2.75) is 6.42 Å². The predicted octanol–water partition coefficient (Wildman–Crippen LogP) is 4.68. The highest BCUT2D eigenvalue weighted by molar-refractivity contribution is 9.10. The van der Waals surface area contributed by atoms with E-state index in [4.69, 9.17) is 12.2 Å². The van der Waals surface area contributed by atoms with E-state index in [9.17, 15) is 9.59 Å². The zero-order valence-corrected chi connectivity index (χ0v) is 16.9. The van der Waals surface area contributed by atoms with Gasteiger partial charge < -0.3 is 5.32 Å². The molecule has 1 heterocycles. The van der Waals surface area contributed by atoms with Gasteiger partial charge in [-0.25, -0.2) is 0 Å². The van der Waals surface area contributed by atoms with Crippen molar-refractivity contribution < 1.29 is 9.59 Å². The third kappa shape index (κ3) is 4.60. The average Bonchev–Trinajstić information content (AvgIpc) is 2.89. The lowest BCUT2D eigenvalue weighted by atomic mass is 10.2. The summed E-state index contributed by atoms with van der Waals surface area (Å²) in [4.78, 5) is 26.8. The van der Waals surface area contributed by atoms with E-state index >= 15 is 0 Å². The molecule has 2 aromatic carbocycles. The minimum atomic E-state index is -0.169. The van der Waals surface area contributed by atoms with Gasteiger partial charge in [-0.1, -0.05) is 66.4 Å². The van der Waals surface area contributed by atoms with Crippen molar-refractivity contribution >= 4 is 67.8 Å². The molecule has 26 heavy (non-hydrogen) atoms. The van der Waals surface area contributed by atoms with Gasteiger partial charge in [0.15, 0.2) is 0 Å². The Morgan fingerprint density at radius 3 is 2.58 bits per heavy atom. The molecule has 0 unspecified atom stereocenters. The van der Waals surface area contributed by atoms with E-state index in [-0.39, 0.29) is 24.8 Å². The largest absolute Gasteiger partial charge is 0.325 e. The van der Waals surface area contributed by atoms with Crippen molar-refractivity contribution in [2.24, 2.45) is 0 Å². The predicted molar refractivity (Wildman–Crippen MR) is 114 cm³/mol. The van der Waals surface area contributed by atoms with Crippen LogP contribution in [0.5, 0.6) is 0 Å². The number of anilines is 1. The highest BCUT2D eigenvalue weighted by atomic mass is 79.9. The number of nitrogens with one attached hydrogen (secondary N) is 1. The van der Waals surface area contributed by atoms with E-state index in [2.05, 4.69) is 21.2 Å². The van der Waals surface area contributed by atoms with Gasteiger partial charge in [0.2, 0.25) is 5.91 Å². The van der Waals surface area contributed by atoms with Gasteiger partial charge in [0.25, 0.3) is 5.91 Å². The number of hydrogen-bond donors (Lipinski definition) is 1. The summed E-state index contributed by atoms with van der Waals surface area (Å²) < 4.78 is 1.29. The molecule has 2 amide bonds. The van der Waals surface area contributed by atoms with E-state index in [0.29, 0.717) is 14.9 Å². The van der Waals surface area contributed by atoms with Crippen LogP contribution in [0.25, 0.3) is 6.08 Å². The lowest BCUT2D eigenvalue weighted by Crippen LogP contribution is -2.31. The minimum Gasteiger partial charge on any atom is -0.325 e. The van der Waals surface area contributed by atoms with Crippen LogP contribution in [0.3, 0.4) is 0 Å². The number of amides is 2. The van der Waals surface area contributed by atoms with Gasteiger partial charge in [0, 0.05) is 17.4 Å². The summed E-state index contributed by atoms with van der Waals surface area (Å²) in [5.74, 6) is -0.324. The van der Waals surface area contributed by atoms with E-state index in [0.717, 1.165) is 10.0 Å². The molecule has 2 aromatic rings. The number of nitrogens with zero attached hydrogens (tertiary/aromatic N) is 1. The highest BCUT2D eigenvalue weighted by Gasteiger charge is 2.32. The quantitative estimate of drug-likeness (QED) is 0.534. The molecular formula is C19H15BrN2O2S2. The molecule has 0 aliphatic carbocycles. The number of rotatable bonds is 5. The van der Waals surface area contributed by atoms with Gasteiger partial charge in [-0.3, -0.25) is 14.5 Å². The van der Waals surface area contributed by atoms with Gasteiger partial charge in [-0.05, 0) is 39.7 Å². The van der Waals surface area contributed by atoms with Crippen LogP contribution in [0.4, 0.5) is 5.69 Å². The molecule has 0 aromatic heterocycles. The van der Waals surface area contributed by atoms with Crippen molar-refractivity contribution in [3.05, 3.63) is 69.5 Å². The van der Waals surface area contributed by atoms with E-state index in [1.807, 2.05) is 60.7 Å². The fourth-order valence-corrected chi connectivity index (χ4v) is 4.07. The van der Waals surface area contributed by atoms with Crippen LogP contribution in [-0.4, -0.2) is 27.6 Å². The number of hydrogen-bond acceptors (Lipinski definition) is 4. The molecule has 7 heteroatoms. The number of halogens is 1. The van der Waals surface area contributed by atoms with Gasteiger partial charge in [0.05, 0.1) is 10.6 Å². The molecule has 1 aliphatic rings. The summed E-state index contributed by atoms with van der Waals surface area (Å²) in [6.07, 6.45) is 1.99. The molecule has 4 nitrogen and oxygen atoms in total. The molecule has 1 aliphatic heterocycles. The summed E-state index contributed by atoms with van der Waals surface area (Å²) in [6, 6.07) is 17.0. The topological polar surface area (TPSA) is 49.4 Å². The first kappa shape index (κ1) is 18.8. The van der Waals surface area contributed by atoms with Gasteiger partial charge in [-0.15, -0.1) is 0 Å². The Morgan fingerprint density at radius 2 is 1.85 bits per heavy atom. The second-order valence-corrected chi connectivity index (χ2v) is 8.05. The third-order valence-corrected chi connectivity index (χ3v) is 5.75. The Kier molecular flexibility index (Phi) is 6.24. The summed E-state index contributed by atoms with van der Waals surface area (Å²) in [7, 11) is 0. The molecule has 0 atom stereocenters. The van der Waals surface area contributed by atoms with Crippen molar-refractivity contribution in [3.8, 4) is 0 Å². The Morgan fingerprint density at radius 1 is 1.15 bits per heavy atom. The summed E-state index contributed by atoms with van der Waals surface area (Å²) in [5, 5.41) is 2.83. The van der Waals surface area contributed by atoms with Crippen molar-refractivity contribution in [3.63, 3.8) is 0 Å². The van der Waals surface area contributed by atoms with Crippen molar-refractivity contribution in [1.29, 1.82) is 0 Å². The molecule has 0 bridgehead atoms. The first-order valence-corrected chi connectivity index (χ1v) is 9.91. The van der Waals surface area contributed by atoms with Gasteiger partial charge in [0.1, 0.15) is 4.32 Å². The minimum absolute atomic E-state index is 0.155. The molecule has 0 spiro atoms. The fourth-order valence-electron chi connectivity index (χ4n) is 2.38. The van der Waals surface area contributed by atoms with Crippen LogP contribution < -0.4 is 5.32 Å². The summed E-state index contributed by atoms with van der Waals surface area (Å²) in [6.45, 7) is 0.257. The SMILES string of the molecule is O=C(CCN1C(=O)/C(=C\c2ccccc2)SC1=S)Nc1ccccc1Br. The smallest absolute Gasteiger partial charge is 0.266 e. The van der Waals surface area contributed by atoms with E-state index in [1.165, 1.54) is 16.7 Å². The molecular weight excluding hydrogens is 432 g/mol. The highest BCUT2D eigenvalue weighted by Crippen LogP contribution is 2.32. The number of benzene rings is 2. The Labute approximate surface area is 169 Å². The summed E-state index contributed by atoms with van der Waals surface area (Å²) >= 11 is 9.96. The first-order valence-electron chi connectivity index (χ1n) is 7.89. The molecule has 3 rings (SSSR count). The maximum atomic E-state index is 12.6. The number of thioether (sulfide) groups is 1. The van der Waals surface area contributed by atoms with Crippen LogP contribution in [0.1, 0.15) is 12.0 Å². The van der Waals surface area contributed by atoms with Gasteiger partial charge >= 0.3 is 0 Å². The molecule has 1 saturated heterocycles. The third-order valence-electron chi connectivity index (χ3n) is 3.68. The number of carbonyl (C=O) groups excluding carboxylic acids is 2. The maximum absolute atomic E-state index is 12.6. The van der Waals surface area contributed by atoms with Gasteiger partial charge in [-0.2, -0.15) is 0 Å². The molecule has 1 fully saturated rings. The second kappa shape index (κ2) is 8.62. The van der Waals surface area contributed by atoms with Crippen LogP contribution in [-0.2, 0) is 9.59 Å². The fraction of sp³-hybridized carbons (Fsp3) is 0.105. The number of para-hydroxylation sites is 1. The van der Waals surface area contributed by atoms with Crippen LogP contribution in [0.15, 0.2) is 64.0 Å². The number of thiocarbonyl (C=S) groups is 1. The maximum Gasteiger partial charge on any atom is 0.266 e. The standard InChI is InChI=1S/C19H15BrN2O2S2/c20-14-8-4-5-9-15(14)21-17(23)10-11-22-18(24)16(26-19(22)25)12-13-6-2-1-3-7-13/h1-9,12H,10-11H2,(H,21,23)/b16-12+. The Bertz CT molecular complexity index is 884. The number of carbonyl (C=O) groups is 2. The van der Waals surface area contributed by atoms with E-state index in [1.54, 1.807) is 0 Å². The van der Waals surface area contributed by atoms with Crippen LogP contribution in [0, 0.1) is 0 Å². The first-order chi connectivity index (χ1) is 12.5. The molecule has 0 saturated carbocycles. The van der Waals surface area contributed by atoms with Crippen molar-refractivity contribution in [1.82, 2.24) is 4.90 Å². The van der Waals surface area contributed by atoms with Crippen LogP contribution in [0.2, 0.25) is 0 Å². The van der Waals surface area contributed by atoms with Crippen molar-refractivity contribution in [2.75, 3.05) is 11.9 Å².